The van der Waals surface area contributed by atoms with Crippen LogP contribution in [0.15, 0.2) is 0 Å². The van der Waals surface area contributed by atoms with Crippen LogP contribution in [0.4, 0.5) is 13.2 Å². The molecule has 0 aromatic rings. The van der Waals surface area contributed by atoms with Crippen LogP contribution in [0.2, 0.25) is 0 Å². The van der Waals surface area contributed by atoms with Crippen LogP contribution in [-0.2, 0) is 4.79 Å². The summed E-state index contributed by atoms with van der Waals surface area (Å²) in [6, 6.07) is -0.261. The lowest BCUT2D eigenvalue weighted by molar-refractivity contribution is -0.187. The van der Waals surface area contributed by atoms with Crippen molar-refractivity contribution in [1.29, 1.82) is 0 Å². The van der Waals surface area contributed by atoms with Gasteiger partial charge >= 0.3 is 6.18 Å². The lowest BCUT2D eigenvalue weighted by Gasteiger charge is -2.32. The zero-order chi connectivity index (χ0) is 14.0. The summed E-state index contributed by atoms with van der Waals surface area (Å²) in [6.07, 6.45) is 0.481. The third-order valence-corrected chi connectivity index (χ3v) is 3.78. The number of carbonyl (C=O) groups is 1. The van der Waals surface area contributed by atoms with E-state index in [1.807, 2.05) is 0 Å². The van der Waals surface area contributed by atoms with Gasteiger partial charge in [-0.15, -0.1) is 0 Å². The molecule has 1 rings (SSSR count). The highest BCUT2D eigenvalue weighted by atomic mass is 19.4. The van der Waals surface area contributed by atoms with Crippen LogP contribution in [0.5, 0.6) is 0 Å². The summed E-state index contributed by atoms with van der Waals surface area (Å²) < 4.78 is 37.8. The van der Waals surface area contributed by atoms with Crippen LogP contribution < -0.4 is 11.1 Å². The first-order chi connectivity index (χ1) is 8.16. The molecule has 106 valence electrons. The van der Waals surface area contributed by atoms with Gasteiger partial charge < -0.3 is 11.1 Å². The number of hydrogen-bond acceptors (Lipinski definition) is 2. The summed E-state index contributed by atoms with van der Waals surface area (Å²) in [6.45, 7) is 2.45. The molecule has 0 saturated heterocycles. The van der Waals surface area contributed by atoms with Gasteiger partial charge in [0.05, 0.1) is 0 Å². The highest BCUT2D eigenvalue weighted by Crippen LogP contribution is 2.30. The maximum Gasteiger partial charge on any atom is 0.415 e. The van der Waals surface area contributed by atoms with Gasteiger partial charge in [-0.1, -0.05) is 19.3 Å². The van der Waals surface area contributed by atoms with E-state index in [2.05, 4.69) is 5.32 Å². The van der Waals surface area contributed by atoms with E-state index in [9.17, 15) is 18.0 Å². The van der Waals surface area contributed by atoms with Gasteiger partial charge in [0.1, 0.15) is 0 Å². The zero-order valence-corrected chi connectivity index (χ0v) is 10.8. The van der Waals surface area contributed by atoms with Crippen LogP contribution >= 0.6 is 0 Å². The number of nitrogens with two attached hydrogens (primary N) is 1. The number of hydrogen-bond donors (Lipinski definition) is 2. The van der Waals surface area contributed by atoms with Crippen molar-refractivity contribution < 1.29 is 18.0 Å². The minimum atomic E-state index is -4.73. The van der Waals surface area contributed by atoms with Crippen molar-refractivity contribution >= 4 is 5.91 Å². The molecule has 0 spiro atoms. The normalized spacial score (nSPS) is 23.2. The summed E-state index contributed by atoms with van der Waals surface area (Å²) in [4.78, 5) is 11.6. The van der Waals surface area contributed by atoms with Crippen molar-refractivity contribution in [3.05, 3.63) is 0 Å². The minimum absolute atomic E-state index is 0.256. The van der Waals surface area contributed by atoms with Crippen molar-refractivity contribution in [2.75, 3.05) is 0 Å². The number of nitrogens with one attached hydrogen (secondary N) is 1. The van der Waals surface area contributed by atoms with E-state index in [4.69, 9.17) is 5.73 Å². The molecular formula is C12H21F3N2O. The van der Waals surface area contributed by atoms with Crippen molar-refractivity contribution in [2.24, 2.45) is 11.7 Å². The Morgan fingerprint density at radius 1 is 1.28 bits per heavy atom. The van der Waals surface area contributed by atoms with Crippen LogP contribution in [0, 0.1) is 5.92 Å². The molecule has 0 aromatic carbocycles. The lowest BCUT2D eigenvalue weighted by atomic mass is 9.84. The molecule has 1 fully saturated rings. The van der Waals surface area contributed by atoms with Gasteiger partial charge in [-0.3, -0.25) is 4.79 Å². The summed E-state index contributed by atoms with van der Waals surface area (Å²) in [5.41, 5.74) is 2.25. The Morgan fingerprint density at radius 2 is 1.78 bits per heavy atom. The van der Waals surface area contributed by atoms with E-state index in [0.717, 1.165) is 32.1 Å². The Labute approximate surface area is 105 Å². The SMILES string of the molecule is CC(NC(=O)C(C)(N)C(F)(F)F)C1CCCCC1. The summed E-state index contributed by atoms with van der Waals surface area (Å²) in [7, 11) is 0. The Hall–Kier alpha value is -0.780. The third-order valence-electron chi connectivity index (χ3n) is 3.78. The highest BCUT2D eigenvalue weighted by molar-refractivity contribution is 5.86. The number of carbonyl (C=O) groups excluding carboxylic acids is 1. The predicted molar refractivity (Wildman–Crippen MR) is 62.8 cm³/mol. The molecule has 0 heterocycles. The van der Waals surface area contributed by atoms with Gasteiger partial charge in [-0.2, -0.15) is 13.2 Å². The van der Waals surface area contributed by atoms with E-state index in [1.165, 1.54) is 0 Å². The first-order valence-electron chi connectivity index (χ1n) is 6.33. The van der Waals surface area contributed by atoms with E-state index < -0.39 is 17.6 Å². The maximum absolute atomic E-state index is 12.6. The van der Waals surface area contributed by atoms with Crippen LogP contribution in [-0.4, -0.2) is 23.7 Å². The maximum atomic E-state index is 12.6. The second kappa shape index (κ2) is 5.47. The molecule has 6 heteroatoms. The Morgan fingerprint density at radius 3 is 2.22 bits per heavy atom. The van der Waals surface area contributed by atoms with Gasteiger partial charge in [0, 0.05) is 6.04 Å². The van der Waals surface area contributed by atoms with Crippen molar-refractivity contribution in [2.45, 2.75) is 63.7 Å². The second-order valence-electron chi connectivity index (χ2n) is 5.36. The van der Waals surface area contributed by atoms with Gasteiger partial charge in [0.25, 0.3) is 0 Å². The van der Waals surface area contributed by atoms with Crippen LogP contribution in [0.25, 0.3) is 0 Å². The average molecular weight is 266 g/mol. The zero-order valence-electron chi connectivity index (χ0n) is 10.8. The topological polar surface area (TPSA) is 55.1 Å². The highest BCUT2D eigenvalue weighted by Gasteiger charge is 2.54. The van der Waals surface area contributed by atoms with Crippen molar-refractivity contribution in [3.63, 3.8) is 0 Å². The molecule has 3 nitrogen and oxygen atoms in total. The molecule has 0 aromatic heterocycles. The molecule has 1 aliphatic carbocycles. The molecule has 2 atom stereocenters. The fraction of sp³-hybridized carbons (Fsp3) is 0.917. The number of halogens is 3. The number of alkyl halides is 3. The van der Waals surface area contributed by atoms with Crippen molar-refractivity contribution in [3.8, 4) is 0 Å². The van der Waals surface area contributed by atoms with E-state index in [1.54, 1.807) is 6.92 Å². The van der Waals surface area contributed by atoms with E-state index in [0.29, 0.717) is 6.92 Å². The minimum Gasteiger partial charge on any atom is -0.351 e. The monoisotopic (exact) mass is 266 g/mol. The molecule has 0 aliphatic heterocycles. The summed E-state index contributed by atoms with van der Waals surface area (Å²) >= 11 is 0. The quantitative estimate of drug-likeness (QED) is 0.824. The van der Waals surface area contributed by atoms with Gasteiger partial charge in [0.2, 0.25) is 5.91 Å². The largest absolute Gasteiger partial charge is 0.415 e. The molecular weight excluding hydrogens is 245 g/mol. The number of rotatable bonds is 3. The molecule has 2 unspecified atom stereocenters. The Balaban J connectivity index is 2.58. The lowest BCUT2D eigenvalue weighted by Crippen LogP contribution is -2.63. The van der Waals surface area contributed by atoms with Gasteiger partial charge in [-0.05, 0) is 32.6 Å². The summed E-state index contributed by atoms with van der Waals surface area (Å²) in [5, 5.41) is 2.41. The molecule has 0 radical (unpaired) electrons. The Kier molecular flexibility index (Phi) is 4.64. The second-order valence-corrected chi connectivity index (χ2v) is 5.36. The van der Waals surface area contributed by atoms with E-state index in [-0.39, 0.29) is 12.0 Å². The van der Waals surface area contributed by atoms with Crippen molar-refractivity contribution in [1.82, 2.24) is 5.32 Å². The average Bonchev–Trinajstić information content (AvgIpc) is 2.28. The van der Waals surface area contributed by atoms with E-state index >= 15 is 0 Å². The molecule has 1 saturated carbocycles. The molecule has 0 bridgehead atoms. The van der Waals surface area contributed by atoms with Gasteiger partial charge in [0.15, 0.2) is 5.54 Å². The third kappa shape index (κ3) is 3.37. The van der Waals surface area contributed by atoms with Crippen LogP contribution in [0.3, 0.4) is 0 Å². The van der Waals surface area contributed by atoms with Crippen LogP contribution in [0.1, 0.15) is 46.0 Å². The predicted octanol–water partition coefficient (Wildman–Crippen LogP) is 2.35. The molecule has 1 amide bonds. The molecule has 3 N–H and O–H groups in total. The van der Waals surface area contributed by atoms with Gasteiger partial charge in [-0.25, -0.2) is 0 Å². The molecule has 1 aliphatic rings. The smallest absolute Gasteiger partial charge is 0.351 e. The standard InChI is InChI=1S/C12H21F3N2O/c1-8(9-6-4-3-5-7-9)17-10(18)11(2,16)12(13,14)15/h8-9H,3-7,16H2,1-2H3,(H,17,18). The first kappa shape index (κ1) is 15.3. The molecule has 18 heavy (non-hydrogen) atoms. The summed E-state index contributed by atoms with van der Waals surface area (Å²) in [5.74, 6) is -0.889. The Bertz CT molecular complexity index is 296. The number of amides is 1. The fourth-order valence-electron chi connectivity index (χ4n) is 2.24. The fourth-order valence-corrected chi connectivity index (χ4v) is 2.24. The first-order valence-corrected chi connectivity index (χ1v) is 6.33.